The Labute approximate surface area is 167 Å². The van der Waals surface area contributed by atoms with E-state index >= 15 is 0 Å². The van der Waals surface area contributed by atoms with Gasteiger partial charge in [0.1, 0.15) is 11.4 Å². The molecule has 27 heavy (non-hydrogen) atoms. The molecule has 0 aliphatic rings. The van der Waals surface area contributed by atoms with Gasteiger partial charge in [0.2, 0.25) is 0 Å². The molecule has 1 amide bonds. The highest BCUT2D eigenvalue weighted by Gasteiger charge is 2.24. The zero-order valence-electron chi connectivity index (χ0n) is 17.9. The van der Waals surface area contributed by atoms with Crippen LogP contribution in [0.2, 0.25) is 0 Å². The molecular formula is C21H31N3O2S. The lowest BCUT2D eigenvalue weighted by atomic mass is 9.98. The van der Waals surface area contributed by atoms with Crippen molar-refractivity contribution < 1.29 is 9.53 Å². The quantitative estimate of drug-likeness (QED) is 0.485. The fraction of sp³-hybridized carbons (Fsp3) is 0.476. The number of ether oxygens (including phenoxy) is 1. The smallest absolute Gasteiger partial charge is 0.415 e. The molecule has 0 atom stereocenters. The highest BCUT2D eigenvalue weighted by Crippen LogP contribution is 2.33. The summed E-state index contributed by atoms with van der Waals surface area (Å²) in [5.41, 5.74) is 3.57. The predicted octanol–water partition coefficient (Wildman–Crippen LogP) is 5.88. The second-order valence-corrected chi connectivity index (χ2v) is 7.65. The molecule has 0 N–H and O–H groups in total. The average Bonchev–Trinajstić information content (AvgIpc) is 2.63. The third-order valence-electron chi connectivity index (χ3n) is 3.81. The summed E-state index contributed by atoms with van der Waals surface area (Å²) < 4.78 is 5.49. The molecule has 1 aromatic heterocycles. The van der Waals surface area contributed by atoms with Gasteiger partial charge in [-0.05, 0) is 57.6 Å². The van der Waals surface area contributed by atoms with E-state index in [4.69, 9.17) is 4.74 Å². The van der Waals surface area contributed by atoms with E-state index in [1.54, 1.807) is 13.2 Å². The van der Waals surface area contributed by atoms with E-state index in [0.29, 0.717) is 11.0 Å². The Bertz CT molecular complexity index is 785. The summed E-state index contributed by atoms with van der Waals surface area (Å²) in [4.78, 5) is 22.9. The number of hydrogen-bond donors (Lipinski definition) is 0. The first-order chi connectivity index (χ1) is 12.6. The number of rotatable bonds is 3. The number of amides is 1. The van der Waals surface area contributed by atoms with E-state index in [1.807, 2.05) is 53.0 Å². The van der Waals surface area contributed by atoms with Crippen LogP contribution in [0.3, 0.4) is 0 Å². The van der Waals surface area contributed by atoms with Crippen LogP contribution in [0.5, 0.6) is 0 Å². The monoisotopic (exact) mass is 389 g/mol. The van der Waals surface area contributed by atoms with Gasteiger partial charge in [-0.3, -0.25) is 4.90 Å². The van der Waals surface area contributed by atoms with Crippen LogP contribution in [-0.4, -0.2) is 35.0 Å². The number of carbonyl (C=O) groups is 1. The summed E-state index contributed by atoms with van der Waals surface area (Å²) in [7, 11) is 1.68. The van der Waals surface area contributed by atoms with Crippen LogP contribution in [0.4, 0.5) is 10.6 Å². The molecule has 0 saturated heterocycles. The lowest BCUT2D eigenvalue weighted by Crippen LogP contribution is -2.35. The molecule has 148 valence electrons. The van der Waals surface area contributed by atoms with Gasteiger partial charge in [-0.15, -0.1) is 0 Å². The van der Waals surface area contributed by atoms with Gasteiger partial charge in [0.25, 0.3) is 0 Å². The number of benzene rings is 1. The molecule has 0 bridgehead atoms. The fourth-order valence-corrected chi connectivity index (χ4v) is 2.70. The van der Waals surface area contributed by atoms with Crippen molar-refractivity contribution in [2.24, 2.45) is 0 Å². The van der Waals surface area contributed by atoms with E-state index in [2.05, 4.69) is 29.9 Å². The molecular weight excluding hydrogens is 358 g/mol. The number of thioether (sulfide) groups is 1. The Kier molecular flexibility index (Phi) is 8.28. The van der Waals surface area contributed by atoms with Gasteiger partial charge in [0.05, 0.1) is 0 Å². The van der Waals surface area contributed by atoms with E-state index < -0.39 is 11.7 Å². The summed E-state index contributed by atoms with van der Waals surface area (Å²) in [5, 5.41) is 0.611. The van der Waals surface area contributed by atoms with Crippen LogP contribution in [0.1, 0.15) is 45.7 Å². The summed E-state index contributed by atoms with van der Waals surface area (Å²) in [6, 6.07) is 6.08. The normalized spacial score (nSPS) is 10.7. The first kappa shape index (κ1) is 23.0. The molecule has 0 unspecified atom stereocenters. The lowest BCUT2D eigenvalue weighted by molar-refractivity contribution is 0.0588. The van der Waals surface area contributed by atoms with E-state index in [0.717, 1.165) is 16.7 Å². The number of nitrogens with zero attached hydrogens (tertiary/aromatic N) is 3. The topological polar surface area (TPSA) is 55.3 Å². The maximum absolute atomic E-state index is 12.5. The van der Waals surface area contributed by atoms with Gasteiger partial charge in [-0.1, -0.05) is 43.8 Å². The van der Waals surface area contributed by atoms with E-state index in [9.17, 15) is 4.79 Å². The number of anilines is 1. The molecule has 2 rings (SSSR count). The zero-order valence-corrected chi connectivity index (χ0v) is 18.7. The average molecular weight is 390 g/mol. The van der Waals surface area contributed by atoms with Gasteiger partial charge in [-0.2, -0.15) is 0 Å². The van der Waals surface area contributed by atoms with Crippen LogP contribution >= 0.6 is 11.8 Å². The molecule has 0 aliphatic carbocycles. The molecule has 0 fully saturated rings. The molecule has 0 saturated carbocycles. The fourth-order valence-electron chi connectivity index (χ4n) is 2.36. The molecule has 6 heteroatoms. The molecule has 1 aromatic carbocycles. The summed E-state index contributed by atoms with van der Waals surface area (Å²) >= 11 is 1.44. The van der Waals surface area contributed by atoms with Crippen LogP contribution in [0.25, 0.3) is 11.1 Å². The molecule has 0 aliphatic heterocycles. The van der Waals surface area contributed by atoms with Crippen LogP contribution in [0.15, 0.2) is 29.6 Å². The summed E-state index contributed by atoms with van der Waals surface area (Å²) in [6.45, 7) is 13.7. The first-order valence-corrected chi connectivity index (χ1v) is 10.3. The SMILES string of the molecule is CC.CSc1ncc(-c2cccc(C)c2C)c(N(C)C(=O)OC(C)(C)C)n1. The minimum atomic E-state index is -0.569. The van der Waals surface area contributed by atoms with Crippen molar-refractivity contribution in [3.63, 3.8) is 0 Å². The molecule has 0 radical (unpaired) electrons. The first-order valence-electron chi connectivity index (χ1n) is 9.08. The van der Waals surface area contributed by atoms with E-state index in [1.165, 1.54) is 22.2 Å². The van der Waals surface area contributed by atoms with Crippen molar-refractivity contribution in [1.29, 1.82) is 0 Å². The minimum absolute atomic E-state index is 0.440. The maximum Gasteiger partial charge on any atom is 0.415 e. The maximum atomic E-state index is 12.5. The largest absolute Gasteiger partial charge is 0.443 e. The lowest BCUT2D eigenvalue weighted by Gasteiger charge is -2.25. The Hall–Kier alpha value is -2.08. The van der Waals surface area contributed by atoms with Crippen LogP contribution < -0.4 is 4.90 Å². The second-order valence-electron chi connectivity index (χ2n) is 6.88. The minimum Gasteiger partial charge on any atom is -0.443 e. The number of hydrogen-bond acceptors (Lipinski definition) is 5. The Balaban J connectivity index is 0.00000176. The van der Waals surface area contributed by atoms with Crippen LogP contribution in [-0.2, 0) is 4.74 Å². The Morgan fingerprint density at radius 1 is 1.15 bits per heavy atom. The number of carbonyl (C=O) groups excluding carboxylic acids is 1. The van der Waals surface area contributed by atoms with Gasteiger partial charge in [0, 0.05) is 18.8 Å². The Morgan fingerprint density at radius 2 is 1.78 bits per heavy atom. The van der Waals surface area contributed by atoms with Gasteiger partial charge in [-0.25, -0.2) is 14.8 Å². The van der Waals surface area contributed by atoms with Crippen molar-refractivity contribution in [1.82, 2.24) is 9.97 Å². The van der Waals surface area contributed by atoms with Crippen molar-refractivity contribution >= 4 is 23.7 Å². The second kappa shape index (κ2) is 9.74. The predicted molar refractivity (Wildman–Crippen MR) is 115 cm³/mol. The third kappa shape index (κ3) is 5.96. The highest BCUT2D eigenvalue weighted by molar-refractivity contribution is 7.98. The van der Waals surface area contributed by atoms with Crippen LogP contribution in [0, 0.1) is 13.8 Å². The van der Waals surface area contributed by atoms with E-state index in [-0.39, 0.29) is 0 Å². The molecule has 1 heterocycles. The summed E-state index contributed by atoms with van der Waals surface area (Å²) in [6.07, 6.45) is 3.24. The zero-order chi connectivity index (χ0) is 20.8. The Morgan fingerprint density at radius 3 is 2.33 bits per heavy atom. The van der Waals surface area contributed by atoms with Crippen molar-refractivity contribution in [2.75, 3.05) is 18.2 Å². The highest BCUT2D eigenvalue weighted by atomic mass is 32.2. The van der Waals surface area contributed by atoms with Gasteiger partial charge >= 0.3 is 6.09 Å². The molecule has 5 nitrogen and oxygen atoms in total. The number of aryl methyl sites for hydroxylation is 1. The molecule has 2 aromatic rings. The summed E-state index contributed by atoms with van der Waals surface area (Å²) in [5.74, 6) is 0.544. The molecule has 0 spiro atoms. The standard InChI is InChI=1S/C19H25N3O2S.C2H6/c1-12-9-8-10-14(13(12)2)15-11-20-17(25-7)21-16(15)22(6)18(23)24-19(3,4)5;1-2/h8-11H,1-7H3;1-2H3. The van der Waals surface area contributed by atoms with Gasteiger partial charge < -0.3 is 4.74 Å². The van der Waals surface area contributed by atoms with Gasteiger partial charge in [0.15, 0.2) is 5.16 Å². The van der Waals surface area contributed by atoms with Crippen molar-refractivity contribution in [3.8, 4) is 11.1 Å². The van der Waals surface area contributed by atoms with Crippen molar-refractivity contribution in [2.45, 2.75) is 59.2 Å². The third-order valence-corrected chi connectivity index (χ3v) is 4.37. The number of aromatic nitrogens is 2. The van der Waals surface area contributed by atoms with Crippen molar-refractivity contribution in [3.05, 3.63) is 35.5 Å².